The maximum absolute atomic E-state index is 11.9. The molecule has 0 aliphatic carbocycles. The minimum Gasteiger partial charge on any atom is -0.452 e. The van der Waals surface area contributed by atoms with Gasteiger partial charge in [0, 0.05) is 5.69 Å². The Kier molecular flexibility index (Phi) is 5.89. The molecule has 6 nitrogen and oxygen atoms in total. The molecule has 0 saturated carbocycles. The monoisotopic (exact) mass is 340 g/mol. The molecule has 0 aromatic heterocycles. The van der Waals surface area contributed by atoms with Crippen LogP contribution in [0.2, 0.25) is 0 Å². The molecule has 2 N–H and O–H groups in total. The Morgan fingerprint density at radius 3 is 2.36 bits per heavy atom. The number of carbonyl (C=O) groups excluding carboxylic acids is 3. The van der Waals surface area contributed by atoms with E-state index in [1.165, 1.54) is 0 Å². The second-order valence-corrected chi connectivity index (χ2v) is 5.77. The van der Waals surface area contributed by atoms with Crippen molar-refractivity contribution >= 4 is 23.6 Å². The average Bonchev–Trinajstić information content (AvgIpc) is 2.55. The molecule has 0 saturated heterocycles. The van der Waals surface area contributed by atoms with Crippen LogP contribution in [-0.2, 0) is 9.53 Å². The van der Waals surface area contributed by atoms with Crippen molar-refractivity contribution in [2.75, 3.05) is 11.9 Å². The SMILES string of the molecule is Cc1cccc(C(=O)OCC(=O)NC(=O)Nc2ccc(C)cc2C)c1. The summed E-state index contributed by atoms with van der Waals surface area (Å²) < 4.78 is 4.90. The van der Waals surface area contributed by atoms with E-state index in [1.807, 2.05) is 39.0 Å². The molecular formula is C19H20N2O4. The predicted octanol–water partition coefficient (Wildman–Crippen LogP) is 3.12. The Balaban J connectivity index is 1.83. The number of imide groups is 1. The first kappa shape index (κ1) is 18.2. The largest absolute Gasteiger partial charge is 0.452 e. The van der Waals surface area contributed by atoms with Crippen LogP contribution in [0.15, 0.2) is 42.5 Å². The van der Waals surface area contributed by atoms with Crippen molar-refractivity contribution in [3.63, 3.8) is 0 Å². The molecule has 0 aliphatic heterocycles. The smallest absolute Gasteiger partial charge is 0.338 e. The van der Waals surface area contributed by atoms with Crippen LogP contribution in [-0.4, -0.2) is 24.5 Å². The van der Waals surface area contributed by atoms with E-state index >= 15 is 0 Å². The summed E-state index contributed by atoms with van der Waals surface area (Å²) in [6.07, 6.45) is 0. The molecule has 2 aromatic carbocycles. The zero-order chi connectivity index (χ0) is 18.4. The van der Waals surface area contributed by atoms with Crippen molar-refractivity contribution in [3.05, 3.63) is 64.7 Å². The lowest BCUT2D eigenvalue weighted by atomic mass is 10.1. The lowest BCUT2D eigenvalue weighted by molar-refractivity contribution is -0.123. The Labute approximate surface area is 146 Å². The van der Waals surface area contributed by atoms with Crippen LogP contribution in [0.1, 0.15) is 27.0 Å². The Morgan fingerprint density at radius 1 is 0.960 bits per heavy atom. The highest BCUT2D eigenvalue weighted by Crippen LogP contribution is 2.15. The minimum atomic E-state index is -0.705. The highest BCUT2D eigenvalue weighted by atomic mass is 16.5. The summed E-state index contributed by atoms with van der Waals surface area (Å²) in [6, 6.07) is 11.7. The molecule has 0 heterocycles. The third-order valence-electron chi connectivity index (χ3n) is 3.47. The second-order valence-electron chi connectivity index (χ2n) is 5.77. The molecule has 2 rings (SSSR count). The lowest BCUT2D eigenvalue weighted by Crippen LogP contribution is -2.37. The van der Waals surface area contributed by atoms with Crippen LogP contribution in [0, 0.1) is 20.8 Å². The van der Waals surface area contributed by atoms with Gasteiger partial charge in [0.2, 0.25) is 0 Å². The normalized spacial score (nSPS) is 10.0. The number of carbonyl (C=O) groups is 3. The van der Waals surface area contributed by atoms with Gasteiger partial charge in [-0.05, 0) is 44.5 Å². The number of hydrogen-bond donors (Lipinski definition) is 2. The van der Waals surface area contributed by atoms with Gasteiger partial charge >= 0.3 is 12.0 Å². The van der Waals surface area contributed by atoms with Crippen LogP contribution in [0.4, 0.5) is 10.5 Å². The molecule has 0 unspecified atom stereocenters. The van der Waals surface area contributed by atoms with Crippen LogP contribution >= 0.6 is 0 Å². The molecule has 3 amide bonds. The predicted molar refractivity (Wildman–Crippen MR) is 94.5 cm³/mol. The number of hydrogen-bond acceptors (Lipinski definition) is 4. The van der Waals surface area contributed by atoms with Crippen molar-refractivity contribution < 1.29 is 19.1 Å². The summed E-state index contributed by atoms with van der Waals surface area (Å²) in [6.45, 7) is 5.12. The Bertz CT molecular complexity index is 815. The van der Waals surface area contributed by atoms with Gasteiger partial charge in [-0.2, -0.15) is 0 Å². The molecule has 0 aliphatic rings. The number of anilines is 1. The van der Waals surface area contributed by atoms with E-state index in [1.54, 1.807) is 24.3 Å². The average molecular weight is 340 g/mol. The zero-order valence-corrected chi connectivity index (χ0v) is 14.4. The van der Waals surface area contributed by atoms with Crippen molar-refractivity contribution in [1.29, 1.82) is 0 Å². The van der Waals surface area contributed by atoms with Gasteiger partial charge in [0.05, 0.1) is 5.56 Å². The first-order valence-electron chi connectivity index (χ1n) is 7.77. The van der Waals surface area contributed by atoms with E-state index in [-0.39, 0.29) is 0 Å². The summed E-state index contributed by atoms with van der Waals surface area (Å²) in [4.78, 5) is 35.4. The minimum absolute atomic E-state index is 0.354. The van der Waals surface area contributed by atoms with Gasteiger partial charge in [-0.25, -0.2) is 9.59 Å². The van der Waals surface area contributed by atoms with Crippen molar-refractivity contribution in [2.24, 2.45) is 0 Å². The molecule has 130 valence electrons. The van der Waals surface area contributed by atoms with E-state index in [2.05, 4.69) is 10.6 Å². The number of esters is 1. The van der Waals surface area contributed by atoms with Gasteiger partial charge in [-0.15, -0.1) is 0 Å². The summed E-state index contributed by atoms with van der Waals surface area (Å²) in [5, 5.41) is 4.71. The summed E-state index contributed by atoms with van der Waals surface area (Å²) >= 11 is 0. The number of benzene rings is 2. The Hall–Kier alpha value is -3.15. The van der Waals surface area contributed by atoms with Crippen LogP contribution in [0.5, 0.6) is 0 Å². The van der Waals surface area contributed by atoms with Crippen LogP contribution in [0.3, 0.4) is 0 Å². The van der Waals surface area contributed by atoms with Crippen molar-refractivity contribution in [2.45, 2.75) is 20.8 Å². The first-order valence-corrected chi connectivity index (χ1v) is 7.77. The summed E-state index contributed by atoms with van der Waals surface area (Å²) in [5.41, 5.74) is 3.82. The molecule has 0 spiro atoms. The fourth-order valence-electron chi connectivity index (χ4n) is 2.26. The molecule has 0 radical (unpaired) electrons. The molecule has 2 aromatic rings. The van der Waals surface area contributed by atoms with Crippen LogP contribution in [0.25, 0.3) is 0 Å². The lowest BCUT2D eigenvalue weighted by Gasteiger charge is -2.10. The van der Waals surface area contributed by atoms with Gasteiger partial charge in [0.25, 0.3) is 5.91 Å². The molecule has 0 atom stereocenters. The van der Waals surface area contributed by atoms with Gasteiger partial charge < -0.3 is 10.1 Å². The van der Waals surface area contributed by atoms with Crippen molar-refractivity contribution in [3.8, 4) is 0 Å². The van der Waals surface area contributed by atoms with E-state index < -0.39 is 24.5 Å². The van der Waals surface area contributed by atoms with E-state index in [0.717, 1.165) is 16.7 Å². The van der Waals surface area contributed by atoms with Gasteiger partial charge in [-0.1, -0.05) is 35.4 Å². The quantitative estimate of drug-likeness (QED) is 0.838. The first-order chi connectivity index (χ1) is 11.8. The van der Waals surface area contributed by atoms with E-state index in [9.17, 15) is 14.4 Å². The highest BCUT2D eigenvalue weighted by Gasteiger charge is 2.13. The number of amides is 3. The van der Waals surface area contributed by atoms with Gasteiger partial charge in [-0.3, -0.25) is 10.1 Å². The third-order valence-corrected chi connectivity index (χ3v) is 3.47. The van der Waals surface area contributed by atoms with Crippen LogP contribution < -0.4 is 10.6 Å². The summed E-state index contributed by atoms with van der Waals surface area (Å²) in [5.74, 6) is -1.32. The maximum atomic E-state index is 11.9. The molecule has 0 bridgehead atoms. The number of rotatable bonds is 4. The Morgan fingerprint density at radius 2 is 1.68 bits per heavy atom. The molecule has 25 heavy (non-hydrogen) atoms. The van der Waals surface area contributed by atoms with E-state index in [0.29, 0.717) is 11.3 Å². The number of aryl methyl sites for hydroxylation is 3. The van der Waals surface area contributed by atoms with E-state index in [4.69, 9.17) is 4.74 Å². The number of urea groups is 1. The van der Waals surface area contributed by atoms with Gasteiger partial charge in [0.1, 0.15) is 0 Å². The molecular weight excluding hydrogens is 320 g/mol. The maximum Gasteiger partial charge on any atom is 0.338 e. The second kappa shape index (κ2) is 8.10. The van der Waals surface area contributed by atoms with Crippen molar-refractivity contribution in [1.82, 2.24) is 5.32 Å². The number of nitrogens with one attached hydrogen (secondary N) is 2. The standard InChI is InChI=1S/C19H20N2O4/c1-12-5-4-6-15(10-12)18(23)25-11-17(22)21-19(24)20-16-8-7-13(2)9-14(16)3/h4-10H,11H2,1-3H3,(H2,20,21,22,24). The molecule has 6 heteroatoms. The summed E-state index contributed by atoms with van der Waals surface area (Å²) in [7, 11) is 0. The van der Waals surface area contributed by atoms with Gasteiger partial charge in [0.15, 0.2) is 6.61 Å². The highest BCUT2D eigenvalue weighted by molar-refractivity contribution is 6.02. The third kappa shape index (κ3) is 5.46. The fraction of sp³-hybridized carbons (Fsp3) is 0.211. The molecule has 0 fully saturated rings. The zero-order valence-electron chi connectivity index (χ0n) is 14.4. The topological polar surface area (TPSA) is 84.5 Å². The number of ether oxygens (including phenoxy) is 1. The fourth-order valence-corrected chi connectivity index (χ4v) is 2.26.